The minimum absolute atomic E-state index is 0. The second kappa shape index (κ2) is 16.3. The number of pyridine rings is 1. The van der Waals surface area contributed by atoms with Gasteiger partial charge in [0.2, 0.25) is 0 Å². The number of carbonyl (C=O) groups is 1. The van der Waals surface area contributed by atoms with E-state index in [4.69, 9.17) is 4.98 Å². The predicted molar refractivity (Wildman–Crippen MR) is 223 cm³/mol. The zero-order chi connectivity index (χ0) is 36.6. The van der Waals surface area contributed by atoms with Gasteiger partial charge in [-0.2, -0.15) is 11.3 Å². The average molecular weight is 917 g/mol. The smallest absolute Gasteiger partial charge is 0.164 e. The number of nitrogens with zero attached hydrogens (tertiary/aromatic N) is 1. The monoisotopic (exact) mass is 917 g/mol. The van der Waals surface area contributed by atoms with Gasteiger partial charge in [-0.3, -0.25) is 9.78 Å². The fourth-order valence-corrected chi connectivity index (χ4v) is 10.0. The first kappa shape index (κ1) is 41.3. The first-order valence-corrected chi connectivity index (χ1v) is 20.7. The van der Waals surface area contributed by atoms with Crippen molar-refractivity contribution in [2.45, 2.75) is 114 Å². The summed E-state index contributed by atoms with van der Waals surface area (Å²) in [5, 5.41) is 17.5. The van der Waals surface area contributed by atoms with E-state index in [1.807, 2.05) is 81.7 Å². The fourth-order valence-electron chi connectivity index (χ4n) is 6.36. The number of fused-ring (bicyclic) bond motifs is 5. The van der Waals surface area contributed by atoms with Gasteiger partial charge in [0.05, 0.1) is 0 Å². The number of aliphatic hydroxyl groups is 1. The molecule has 4 heterocycles. The molecule has 0 aliphatic carbocycles. The standard InChI is InChI=1S/C29H26NS3.C15H28O2.Ir/c1-16(2)10-20-12-18-13-22-21-6-8-30-26(28(21)33-25(22)15-24(18)32-20)19-11-17-7-9-31-27(17)23(14-19)29(3,4)5;1-7-14(5,8-2)12(16)11-13(17)15(6,9-3)10-4;/h6-9,12-16H,10H2,1-5H3;11,16H,7-10H2,1-6H3;/q-1;;/b;12-11-;. The third-order valence-electron chi connectivity index (χ3n) is 10.8. The summed E-state index contributed by atoms with van der Waals surface area (Å²) >= 11 is 5.62. The van der Waals surface area contributed by atoms with Gasteiger partial charge in [0.15, 0.2) is 5.78 Å². The van der Waals surface area contributed by atoms with Crippen molar-refractivity contribution >= 4 is 80.1 Å². The first-order valence-electron chi connectivity index (χ1n) is 18.2. The van der Waals surface area contributed by atoms with Gasteiger partial charge in [-0.1, -0.05) is 87.3 Å². The van der Waals surface area contributed by atoms with E-state index in [0.717, 1.165) is 43.4 Å². The minimum atomic E-state index is -0.337. The predicted octanol–water partition coefficient (Wildman–Crippen LogP) is 14.5. The number of rotatable bonds is 10. The van der Waals surface area contributed by atoms with Gasteiger partial charge < -0.3 is 5.11 Å². The van der Waals surface area contributed by atoms with E-state index in [0.29, 0.717) is 5.92 Å². The summed E-state index contributed by atoms with van der Waals surface area (Å²) in [4.78, 5) is 18.5. The first-order chi connectivity index (χ1) is 23.6. The van der Waals surface area contributed by atoms with Crippen LogP contribution >= 0.6 is 34.0 Å². The van der Waals surface area contributed by atoms with Crippen molar-refractivity contribution in [1.29, 1.82) is 0 Å². The summed E-state index contributed by atoms with van der Waals surface area (Å²) in [6.07, 6.45) is 7.87. The molecule has 2 aromatic carbocycles. The molecule has 0 unspecified atom stereocenters. The maximum atomic E-state index is 12.2. The summed E-state index contributed by atoms with van der Waals surface area (Å²) in [6.45, 7) is 23.5. The Morgan fingerprint density at radius 2 is 1.53 bits per heavy atom. The maximum Gasteiger partial charge on any atom is 0.164 e. The topological polar surface area (TPSA) is 50.2 Å². The molecule has 0 bridgehead atoms. The average Bonchev–Trinajstić information content (AvgIpc) is 3.81. The van der Waals surface area contributed by atoms with Crippen LogP contribution in [0.5, 0.6) is 0 Å². The van der Waals surface area contributed by atoms with E-state index in [1.165, 1.54) is 56.9 Å². The van der Waals surface area contributed by atoms with Crippen molar-refractivity contribution in [3.8, 4) is 11.3 Å². The third kappa shape index (κ3) is 8.54. The van der Waals surface area contributed by atoms with Gasteiger partial charge in [0.25, 0.3) is 0 Å². The van der Waals surface area contributed by atoms with Gasteiger partial charge in [-0.15, -0.1) is 46.3 Å². The van der Waals surface area contributed by atoms with Crippen molar-refractivity contribution in [3.05, 3.63) is 76.3 Å². The molecule has 1 radical (unpaired) electrons. The van der Waals surface area contributed by atoms with Crippen LogP contribution in [0.15, 0.2) is 59.8 Å². The maximum absolute atomic E-state index is 12.2. The van der Waals surface area contributed by atoms with Crippen molar-refractivity contribution in [2.24, 2.45) is 16.7 Å². The van der Waals surface area contributed by atoms with Gasteiger partial charge in [0, 0.05) is 73.3 Å². The minimum Gasteiger partial charge on any atom is -0.512 e. The number of allylic oxidation sites excluding steroid dienone is 2. The van der Waals surface area contributed by atoms with E-state index >= 15 is 0 Å². The van der Waals surface area contributed by atoms with Gasteiger partial charge >= 0.3 is 0 Å². The van der Waals surface area contributed by atoms with E-state index in [-0.39, 0.29) is 47.9 Å². The second-order valence-corrected chi connectivity index (χ2v) is 18.9. The van der Waals surface area contributed by atoms with Gasteiger partial charge in [0.1, 0.15) is 5.76 Å². The number of hydrogen-bond donors (Lipinski definition) is 1. The van der Waals surface area contributed by atoms with Crippen LogP contribution in [0.3, 0.4) is 0 Å². The molecular formula is C44H54IrNO2S3-. The molecule has 275 valence electrons. The molecule has 0 aliphatic heterocycles. The van der Waals surface area contributed by atoms with Crippen LogP contribution in [0.25, 0.3) is 51.6 Å². The summed E-state index contributed by atoms with van der Waals surface area (Å²) in [5.74, 6) is 0.970. The van der Waals surface area contributed by atoms with Crippen LogP contribution in [-0.4, -0.2) is 15.9 Å². The van der Waals surface area contributed by atoms with E-state index < -0.39 is 0 Å². The van der Waals surface area contributed by atoms with Crippen molar-refractivity contribution in [2.75, 3.05) is 0 Å². The van der Waals surface area contributed by atoms with Crippen molar-refractivity contribution in [3.63, 3.8) is 0 Å². The molecule has 6 aromatic rings. The molecule has 0 atom stereocenters. The number of aromatic nitrogens is 1. The van der Waals surface area contributed by atoms with E-state index in [2.05, 4.69) is 82.5 Å². The number of thiophene rings is 3. The van der Waals surface area contributed by atoms with Crippen LogP contribution < -0.4 is 0 Å². The molecule has 4 aromatic heterocycles. The molecule has 51 heavy (non-hydrogen) atoms. The Kier molecular flexibility index (Phi) is 13.2. The Morgan fingerprint density at radius 3 is 2.14 bits per heavy atom. The van der Waals surface area contributed by atoms with Crippen LogP contribution in [0.2, 0.25) is 0 Å². The number of carbonyl (C=O) groups excluding carboxylic acids is 1. The molecule has 0 saturated carbocycles. The Bertz CT molecular complexity index is 2170. The molecule has 7 heteroatoms. The Balaban J connectivity index is 0.000000279. The molecule has 6 rings (SSSR count). The molecule has 0 amide bonds. The molecule has 0 spiro atoms. The van der Waals surface area contributed by atoms with Crippen molar-refractivity contribution in [1.82, 2.24) is 4.98 Å². The summed E-state index contributed by atoms with van der Waals surface area (Å²) < 4.78 is 5.34. The van der Waals surface area contributed by atoms with Crippen molar-refractivity contribution < 1.29 is 30.0 Å². The quantitative estimate of drug-likeness (QED) is 0.0846. The molecule has 3 nitrogen and oxygen atoms in total. The SMILES string of the molecule is CC(C)Cc1cc2cc3c(cc2s1)sc1c(-c2[c-]c4ccsc4c(C(C)(C)C)c2)nccc13.CCC(C)(CC)C(=O)/C=C(\O)C(C)(CC)CC.[Ir]. The Morgan fingerprint density at radius 1 is 0.863 bits per heavy atom. The normalized spacial score (nSPS) is 12.9. The zero-order valence-electron chi connectivity index (χ0n) is 32.2. The van der Waals surface area contributed by atoms with Crippen LogP contribution in [-0.2, 0) is 36.7 Å². The summed E-state index contributed by atoms with van der Waals surface area (Å²) in [5.41, 5.74) is 2.99. The molecule has 1 N–H and O–H groups in total. The van der Waals surface area contributed by atoms with E-state index in [9.17, 15) is 9.90 Å². The Hall–Kier alpha value is -2.41. The summed E-state index contributed by atoms with van der Waals surface area (Å²) in [6, 6.07) is 17.5. The van der Waals surface area contributed by atoms with E-state index in [1.54, 1.807) is 0 Å². The number of hydrogen-bond acceptors (Lipinski definition) is 6. The van der Waals surface area contributed by atoms with Crippen LogP contribution in [0.4, 0.5) is 0 Å². The number of ketones is 1. The molecular weight excluding hydrogens is 863 g/mol. The number of aliphatic hydroxyl groups excluding tert-OH is 1. The largest absolute Gasteiger partial charge is 0.512 e. The van der Waals surface area contributed by atoms with Gasteiger partial charge in [-0.25, -0.2) is 0 Å². The fraction of sp³-hybridized carbons (Fsp3) is 0.455. The Labute approximate surface area is 330 Å². The van der Waals surface area contributed by atoms with Crippen LogP contribution in [0, 0.1) is 22.8 Å². The zero-order valence-corrected chi connectivity index (χ0v) is 37.0. The third-order valence-corrected chi connectivity index (χ3v) is 14.1. The van der Waals surface area contributed by atoms with Gasteiger partial charge in [-0.05, 0) is 88.6 Å². The second-order valence-electron chi connectivity index (χ2n) is 15.8. The molecule has 0 fully saturated rings. The molecule has 0 saturated heterocycles. The van der Waals surface area contributed by atoms with Crippen LogP contribution in [0.1, 0.15) is 112 Å². The number of benzene rings is 2. The summed E-state index contributed by atoms with van der Waals surface area (Å²) in [7, 11) is 0. The molecule has 0 aliphatic rings.